The first kappa shape index (κ1) is 25.6. The number of halogens is 1. The summed E-state index contributed by atoms with van der Waals surface area (Å²) < 4.78 is 33.1. The van der Waals surface area contributed by atoms with E-state index in [4.69, 9.17) is 30.1 Å². The summed E-state index contributed by atoms with van der Waals surface area (Å²) in [4.78, 5) is 12.4. The zero-order valence-corrected chi connectivity index (χ0v) is 20.1. The molecule has 0 aliphatic heterocycles. The summed E-state index contributed by atoms with van der Waals surface area (Å²) >= 11 is 5.87. The van der Waals surface area contributed by atoms with Crippen LogP contribution in [0.5, 0.6) is 23.0 Å². The predicted molar refractivity (Wildman–Crippen MR) is 127 cm³/mol. The Morgan fingerprint density at radius 1 is 0.882 bits per heavy atom. The Morgan fingerprint density at radius 2 is 1.59 bits per heavy atom. The number of hydrogen-bond acceptors (Lipinski definition) is 8. The molecular formula is C24H23ClO8P-. The fourth-order valence-corrected chi connectivity index (χ4v) is 4.15. The first-order chi connectivity index (χ1) is 16.3. The van der Waals surface area contributed by atoms with Crippen molar-refractivity contribution in [2.75, 3.05) is 14.2 Å². The van der Waals surface area contributed by atoms with Gasteiger partial charge in [0, 0.05) is 10.6 Å². The van der Waals surface area contributed by atoms with Crippen molar-refractivity contribution in [3.63, 3.8) is 0 Å². The van der Waals surface area contributed by atoms with Crippen LogP contribution in [0.3, 0.4) is 0 Å². The second-order valence-electron chi connectivity index (χ2n) is 7.01. The van der Waals surface area contributed by atoms with Gasteiger partial charge in [-0.1, -0.05) is 35.9 Å². The fraction of sp³-hybridized carbons (Fsp3) is 0.167. The molecule has 10 heteroatoms. The van der Waals surface area contributed by atoms with Gasteiger partial charge in [0.2, 0.25) is 0 Å². The largest absolute Gasteiger partial charge is 0.736 e. The highest BCUT2D eigenvalue weighted by Gasteiger charge is 2.17. The van der Waals surface area contributed by atoms with E-state index in [0.717, 1.165) is 0 Å². The number of aliphatic hydroxyl groups is 2. The van der Waals surface area contributed by atoms with Crippen LogP contribution in [-0.2, 0) is 17.8 Å². The highest BCUT2D eigenvalue weighted by molar-refractivity contribution is 7.46. The van der Waals surface area contributed by atoms with Crippen molar-refractivity contribution in [1.29, 1.82) is 0 Å². The minimum Gasteiger partial charge on any atom is -0.736 e. The van der Waals surface area contributed by atoms with Crippen LogP contribution in [-0.4, -0.2) is 24.4 Å². The lowest BCUT2D eigenvalue weighted by Crippen LogP contribution is -2.13. The maximum atomic E-state index is 12.4. The van der Waals surface area contributed by atoms with Crippen LogP contribution in [0, 0.1) is 0 Å². The standard InChI is InChI=1S/C24H24ClO8P/c1-30-22-9-8-16(6-7-17-10-18(14-26)21(15-27)23(12-17)31-2)11-24(22)33-34(28,29)32-20-5-3-4-19(25)13-20/h3-13,26-27H,14-15H2,1-2H3,(H,28,29)/p-1/b7-6-. The van der Waals surface area contributed by atoms with Crippen molar-refractivity contribution >= 4 is 31.6 Å². The Kier molecular flexibility index (Phi) is 8.61. The molecule has 0 spiro atoms. The Balaban J connectivity index is 1.86. The average molecular weight is 506 g/mol. The second-order valence-corrected chi connectivity index (χ2v) is 8.70. The number of methoxy groups -OCH3 is 2. The molecular weight excluding hydrogens is 483 g/mol. The van der Waals surface area contributed by atoms with Crippen molar-refractivity contribution in [3.05, 3.63) is 81.9 Å². The number of aliphatic hydroxyl groups excluding tert-OH is 2. The van der Waals surface area contributed by atoms with Crippen LogP contribution >= 0.6 is 19.4 Å². The molecule has 8 nitrogen and oxygen atoms in total. The molecule has 3 rings (SSSR count). The number of hydrogen-bond donors (Lipinski definition) is 2. The van der Waals surface area contributed by atoms with Crippen LogP contribution in [0.4, 0.5) is 0 Å². The minimum atomic E-state index is -4.80. The first-order valence-corrected chi connectivity index (χ1v) is 11.9. The normalized spacial score (nSPS) is 12.9. The smallest absolute Gasteiger partial charge is 0.372 e. The molecule has 0 saturated carbocycles. The Hall–Kier alpha value is -3.00. The maximum Gasteiger partial charge on any atom is 0.372 e. The zero-order chi connectivity index (χ0) is 24.7. The van der Waals surface area contributed by atoms with Gasteiger partial charge in [-0.05, 0) is 59.2 Å². The van der Waals surface area contributed by atoms with E-state index in [2.05, 4.69) is 0 Å². The lowest BCUT2D eigenvalue weighted by Gasteiger charge is -2.24. The Morgan fingerprint density at radius 3 is 2.24 bits per heavy atom. The van der Waals surface area contributed by atoms with Crippen molar-refractivity contribution in [2.45, 2.75) is 13.2 Å². The van der Waals surface area contributed by atoms with Crippen LogP contribution < -0.4 is 23.4 Å². The highest BCUT2D eigenvalue weighted by atomic mass is 35.5. The summed E-state index contributed by atoms with van der Waals surface area (Å²) in [5, 5.41) is 19.5. The summed E-state index contributed by atoms with van der Waals surface area (Å²) in [6.07, 6.45) is 3.46. The predicted octanol–water partition coefficient (Wildman–Crippen LogP) is 4.44. The molecule has 2 N–H and O–H groups in total. The molecule has 180 valence electrons. The van der Waals surface area contributed by atoms with Crippen LogP contribution in [0.15, 0.2) is 54.6 Å². The molecule has 3 aromatic rings. The summed E-state index contributed by atoms with van der Waals surface area (Å²) in [7, 11) is -1.94. The maximum absolute atomic E-state index is 12.4. The van der Waals surface area contributed by atoms with E-state index in [9.17, 15) is 19.7 Å². The molecule has 34 heavy (non-hydrogen) atoms. The molecule has 0 amide bonds. The van der Waals surface area contributed by atoms with Gasteiger partial charge in [0.05, 0.1) is 27.4 Å². The van der Waals surface area contributed by atoms with Crippen LogP contribution in [0.1, 0.15) is 22.3 Å². The van der Waals surface area contributed by atoms with Crippen molar-refractivity contribution in [3.8, 4) is 23.0 Å². The number of ether oxygens (including phenoxy) is 2. The summed E-state index contributed by atoms with van der Waals surface area (Å²) in [5.74, 6) is 0.590. The van der Waals surface area contributed by atoms with E-state index in [-0.39, 0.29) is 30.5 Å². The Bertz CT molecular complexity index is 1200. The molecule has 1 unspecified atom stereocenters. The van der Waals surface area contributed by atoms with Crippen molar-refractivity contribution in [1.82, 2.24) is 0 Å². The van der Waals surface area contributed by atoms with Gasteiger partial charge in [-0.2, -0.15) is 0 Å². The van der Waals surface area contributed by atoms with Gasteiger partial charge in [-0.25, -0.2) is 4.57 Å². The summed E-state index contributed by atoms with van der Waals surface area (Å²) in [5.41, 5.74) is 2.35. The topological polar surface area (TPSA) is 118 Å². The van der Waals surface area contributed by atoms with Gasteiger partial charge in [0.1, 0.15) is 11.5 Å². The summed E-state index contributed by atoms with van der Waals surface area (Å²) in [6.45, 7) is -0.533. The van der Waals surface area contributed by atoms with Gasteiger partial charge in [-0.15, -0.1) is 0 Å². The molecule has 0 aliphatic carbocycles. The van der Waals surface area contributed by atoms with E-state index in [1.165, 1.54) is 32.4 Å². The van der Waals surface area contributed by atoms with Gasteiger partial charge in [0.15, 0.2) is 11.5 Å². The fourth-order valence-electron chi connectivity index (χ4n) is 3.18. The van der Waals surface area contributed by atoms with Crippen LogP contribution in [0.25, 0.3) is 12.2 Å². The molecule has 0 aliphatic rings. The van der Waals surface area contributed by atoms with Gasteiger partial charge in [0.25, 0.3) is 0 Å². The minimum absolute atomic E-state index is 0.0146. The van der Waals surface area contributed by atoms with E-state index in [1.807, 2.05) is 0 Å². The van der Waals surface area contributed by atoms with Gasteiger partial charge in [-0.3, -0.25) is 0 Å². The highest BCUT2D eigenvalue weighted by Crippen LogP contribution is 2.44. The van der Waals surface area contributed by atoms with E-state index in [0.29, 0.717) is 33.0 Å². The number of rotatable bonds is 10. The SMILES string of the molecule is COc1ccc(/C=C\c2cc(CO)c(CO)c(OC)c2)cc1OP(=O)([O-])Oc1cccc(Cl)c1. The van der Waals surface area contributed by atoms with E-state index >= 15 is 0 Å². The molecule has 0 saturated heterocycles. The second kappa shape index (κ2) is 11.4. The molecule has 0 heterocycles. The summed E-state index contributed by atoms with van der Waals surface area (Å²) in [6, 6.07) is 14.1. The third kappa shape index (κ3) is 6.53. The lowest BCUT2D eigenvalue weighted by molar-refractivity contribution is -0.208. The van der Waals surface area contributed by atoms with Crippen LogP contribution in [0.2, 0.25) is 5.02 Å². The van der Waals surface area contributed by atoms with Gasteiger partial charge < -0.3 is 33.6 Å². The number of phosphoric acid groups is 1. The number of phosphoric ester groups is 1. The van der Waals surface area contributed by atoms with E-state index in [1.54, 1.807) is 48.6 Å². The molecule has 0 fully saturated rings. The van der Waals surface area contributed by atoms with Crippen molar-refractivity contribution < 1.29 is 38.2 Å². The molecule has 0 bridgehead atoms. The lowest BCUT2D eigenvalue weighted by atomic mass is 10.0. The monoisotopic (exact) mass is 505 g/mol. The molecule has 0 aromatic heterocycles. The third-order valence-electron chi connectivity index (χ3n) is 4.75. The Labute approximate surface area is 202 Å². The number of benzene rings is 3. The van der Waals surface area contributed by atoms with E-state index < -0.39 is 7.82 Å². The van der Waals surface area contributed by atoms with Gasteiger partial charge >= 0.3 is 7.82 Å². The molecule has 1 atom stereocenters. The first-order valence-electron chi connectivity index (χ1n) is 10.0. The average Bonchev–Trinajstić information content (AvgIpc) is 2.81. The van der Waals surface area contributed by atoms with Crippen molar-refractivity contribution in [2.24, 2.45) is 0 Å². The molecule has 3 aromatic carbocycles. The zero-order valence-electron chi connectivity index (χ0n) is 18.4. The quantitative estimate of drug-likeness (QED) is 0.307. The third-order valence-corrected chi connectivity index (χ3v) is 5.84. The molecule has 0 radical (unpaired) electrons.